The third-order valence-corrected chi connectivity index (χ3v) is 2.86. The molecular formula is C8H14N2O. The molecule has 0 aromatic heterocycles. The molecule has 3 heterocycles. The summed E-state index contributed by atoms with van der Waals surface area (Å²) in [6.45, 7) is 1.87. The smallest absolute Gasteiger partial charge is 0.227 e. The van der Waals surface area contributed by atoms with Gasteiger partial charge in [-0.3, -0.25) is 4.79 Å². The number of hydrogen-bond acceptors (Lipinski definition) is 2. The summed E-state index contributed by atoms with van der Waals surface area (Å²) in [4.78, 5) is 13.4. The first-order valence-electron chi connectivity index (χ1n) is 4.26. The van der Waals surface area contributed by atoms with Crippen molar-refractivity contribution in [2.75, 3.05) is 20.1 Å². The van der Waals surface area contributed by atoms with E-state index in [9.17, 15) is 4.79 Å². The van der Waals surface area contributed by atoms with Gasteiger partial charge in [-0.2, -0.15) is 0 Å². The SMILES string of the molecule is CN1C(=O)[C@H]2CC[C@@H]1CNC2. The van der Waals surface area contributed by atoms with E-state index < -0.39 is 0 Å². The van der Waals surface area contributed by atoms with Crippen molar-refractivity contribution in [3.8, 4) is 0 Å². The lowest BCUT2D eigenvalue weighted by Crippen LogP contribution is -2.44. The average Bonchev–Trinajstić information content (AvgIpc) is 2.30. The van der Waals surface area contributed by atoms with E-state index in [1.54, 1.807) is 0 Å². The van der Waals surface area contributed by atoms with E-state index in [4.69, 9.17) is 0 Å². The summed E-state index contributed by atoms with van der Waals surface area (Å²) < 4.78 is 0. The molecule has 62 valence electrons. The van der Waals surface area contributed by atoms with Crippen LogP contribution in [-0.2, 0) is 4.79 Å². The van der Waals surface area contributed by atoms with Crippen LogP contribution in [0.1, 0.15) is 12.8 Å². The molecule has 0 unspecified atom stereocenters. The van der Waals surface area contributed by atoms with Gasteiger partial charge in [0.1, 0.15) is 0 Å². The summed E-state index contributed by atoms with van der Waals surface area (Å²) in [5.41, 5.74) is 0. The molecule has 0 aromatic carbocycles. The molecule has 3 heteroatoms. The lowest BCUT2D eigenvalue weighted by Gasteiger charge is -2.32. The topological polar surface area (TPSA) is 32.3 Å². The highest BCUT2D eigenvalue weighted by Crippen LogP contribution is 2.23. The largest absolute Gasteiger partial charge is 0.341 e. The molecule has 3 saturated heterocycles. The molecule has 2 bridgehead atoms. The van der Waals surface area contributed by atoms with Crippen LogP contribution < -0.4 is 5.32 Å². The van der Waals surface area contributed by atoms with Crippen molar-refractivity contribution in [3.05, 3.63) is 0 Å². The highest BCUT2D eigenvalue weighted by Gasteiger charge is 2.35. The van der Waals surface area contributed by atoms with Crippen molar-refractivity contribution in [3.63, 3.8) is 0 Å². The fourth-order valence-corrected chi connectivity index (χ4v) is 2.03. The van der Waals surface area contributed by atoms with Gasteiger partial charge in [0.15, 0.2) is 0 Å². The monoisotopic (exact) mass is 154 g/mol. The Labute approximate surface area is 66.8 Å². The van der Waals surface area contributed by atoms with E-state index in [-0.39, 0.29) is 5.92 Å². The number of likely N-dealkylation sites (N-methyl/N-ethyl adjacent to an activating group) is 1. The zero-order valence-electron chi connectivity index (χ0n) is 6.84. The number of carbonyl (C=O) groups is 1. The lowest BCUT2D eigenvalue weighted by molar-refractivity contribution is -0.138. The van der Waals surface area contributed by atoms with E-state index in [1.165, 1.54) is 6.42 Å². The molecule has 3 aliphatic rings. The summed E-state index contributed by atoms with van der Waals surface area (Å²) in [7, 11) is 1.92. The van der Waals surface area contributed by atoms with Crippen LogP contribution in [-0.4, -0.2) is 37.0 Å². The van der Waals surface area contributed by atoms with Gasteiger partial charge in [-0.05, 0) is 12.8 Å². The van der Waals surface area contributed by atoms with Crippen molar-refractivity contribution in [1.82, 2.24) is 10.2 Å². The Hall–Kier alpha value is -0.570. The zero-order valence-corrected chi connectivity index (χ0v) is 6.84. The molecule has 3 aliphatic heterocycles. The Balaban J connectivity index is 2.21. The Morgan fingerprint density at radius 2 is 2.27 bits per heavy atom. The van der Waals surface area contributed by atoms with Crippen molar-refractivity contribution in [1.29, 1.82) is 0 Å². The predicted octanol–water partition coefficient (Wildman–Crippen LogP) is -0.173. The minimum atomic E-state index is 0.263. The molecule has 0 aliphatic carbocycles. The molecule has 3 fully saturated rings. The van der Waals surface area contributed by atoms with Crippen LogP contribution in [0.5, 0.6) is 0 Å². The first kappa shape index (κ1) is 7.10. The maximum Gasteiger partial charge on any atom is 0.227 e. The van der Waals surface area contributed by atoms with Crippen molar-refractivity contribution >= 4 is 5.91 Å². The van der Waals surface area contributed by atoms with Crippen LogP contribution in [0.3, 0.4) is 0 Å². The Bertz CT molecular complexity index is 173. The van der Waals surface area contributed by atoms with Crippen LogP contribution in [0.2, 0.25) is 0 Å². The second-order valence-corrected chi connectivity index (χ2v) is 3.54. The number of nitrogens with zero attached hydrogens (tertiary/aromatic N) is 1. The van der Waals surface area contributed by atoms with Crippen molar-refractivity contribution < 1.29 is 4.79 Å². The second kappa shape index (κ2) is 2.48. The predicted molar refractivity (Wildman–Crippen MR) is 42.2 cm³/mol. The molecule has 3 rings (SSSR count). The molecule has 1 N–H and O–H groups in total. The molecule has 3 nitrogen and oxygen atoms in total. The third-order valence-electron chi connectivity index (χ3n) is 2.86. The van der Waals surface area contributed by atoms with Gasteiger partial charge in [0.05, 0.1) is 5.92 Å². The highest BCUT2D eigenvalue weighted by molar-refractivity contribution is 5.80. The van der Waals surface area contributed by atoms with Crippen LogP contribution >= 0.6 is 0 Å². The van der Waals surface area contributed by atoms with Gasteiger partial charge in [-0.15, -0.1) is 0 Å². The molecule has 0 aromatic rings. The Kier molecular flexibility index (Phi) is 1.60. The number of amides is 1. The van der Waals surface area contributed by atoms with Gasteiger partial charge in [0.25, 0.3) is 0 Å². The van der Waals surface area contributed by atoms with E-state index in [1.807, 2.05) is 11.9 Å². The number of nitrogens with one attached hydrogen (secondary N) is 1. The molecule has 0 saturated carbocycles. The normalized spacial score (nSPS) is 37.5. The summed E-state index contributed by atoms with van der Waals surface area (Å²) in [6.07, 6.45) is 2.26. The fourth-order valence-electron chi connectivity index (χ4n) is 2.03. The Morgan fingerprint density at radius 3 is 3.09 bits per heavy atom. The molecule has 11 heavy (non-hydrogen) atoms. The molecule has 1 amide bonds. The van der Waals surface area contributed by atoms with Gasteiger partial charge < -0.3 is 10.2 Å². The minimum Gasteiger partial charge on any atom is -0.341 e. The summed E-state index contributed by atoms with van der Waals surface area (Å²) in [5.74, 6) is 0.602. The highest BCUT2D eigenvalue weighted by atomic mass is 16.2. The maximum absolute atomic E-state index is 11.5. The number of carbonyl (C=O) groups excluding carboxylic acids is 1. The van der Waals surface area contributed by atoms with E-state index in [2.05, 4.69) is 5.32 Å². The number of fused-ring (bicyclic) bond motifs is 4. The summed E-state index contributed by atoms with van der Waals surface area (Å²) in [5, 5.41) is 3.31. The number of rotatable bonds is 0. The van der Waals surface area contributed by atoms with E-state index in [0.29, 0.717) is 11.9 Å². The fraction of sp³-hybridized carbons (Fsp3) is 0.875. The molecule has 2 atom stereocenters. The summed E-state index contributed by atoms with van der Waals surface area (Å²) >= 11 is 0. The van der Waals surface area contributed by atoms with Gasteiger partial charge in [0.2, 0.25) is 5.91 Å². The summed E-state index contributed by atoms with van der Waals surface area (Å²) in [6, 6.07) is 0.459. The quantitative estimate of drug-likeness (QED) is 0.525. The standard InChI is InChI=1S/C8H14N2O/c1-10-7-3-2-6(8(10)11)4-9-5-7/h6-7,9H,2-5H2,1H3/t6-,7+/m0/s1. The van der Waals surface area contributed by atoms with Crippen molar-refractivity contribution in [2.45, 2.75) is 18.9 Å². The van der Waals surface area contributed by atoms with Gasteiger partial charge in [0, 0.05) is 26.2 Å². The minimum absolute atomic E-state index is 0.263. The first-order chi connectivity index (χ1) is 5.29. The molecule has 0 radical (unpaired) electrons. The third kappa shape index (κ3) is 1.03. The average molecular weight is 154 g/mol. The second-order valence-electron chi connectivity index (χ2n) is 3.54. The first-order valence-corrected chi connectivity index (χ1v) is 4.26. The molecular weight excluding hydrogens is 140 g/mol. The van der Waals surface area contributed by atoms with Crippen LogP contribution in [0.4, 0.5) is 0 Å². The van der Waals surface area contributed by atoms with Gasteiger partial charge in [-0.25, -0.2) is 0 Å². The van der Waals surface area contributed by atoms with Crippen LogP contribution in [0.15, 0.2) is 0 Å². The van der Waals surface area contributed by atoms with Gasteiger partial charge >= 0.3 is 0 Å². The van der Waals surface area contributed by atoms with Crippen LogP contribution in [0.25, 0.3) is 0 Å². The molecule has 0 spiro atoms. The van der Waals surface area contributed by atoms with Gasteiger partial charge in [-0.1, -0.05) is 0 Å². The van der Waals surface area contributed by atoms with Crippen molar-refractivity contribution in [2.24, 2.45) is 5.92 Å². The van der Waals surface area contributed by atoms with E-state index in [0.717, 1.165) is 19.5 Å². The lowest BCUT2D eigenvalue weighted by atomic mass is 9.95. The maximum atomic E-state index is 11.5. The zero-order chi connectivity index (χ0) is 7.84. The number of hydrogen-bond donors (Lipinski definition) is 1. The Morgan fingerprint density at radius 1 is 1.45 bits per heavy atom. The van der Waals surface area contributed by atoms with Crippen LogP contribution in [0, 0.1) is 5.92 Å². The number of piperidine rings is 1. The van der Waals surface area contributed by atoms with E-state index >= 15 is 0 Å².